The third-order valence-corrected chi connectivity index (χ3v) is 3.27. The van der Waals surface area contributed by atoms with Crippen LogP contribution in [0, 0.1) is 0 Å². The number of ether oxygens (including phenoxy) is 2. The van der Waals surface area contributed by atoms with Crippen LogP contribution in [0.15, 0.2) is 18.2 Å². The smallest absolute Gasteiger partial charge is 0.182 e. The highest BCUT2D eigenvalue weighted by atomic mass is 35.5. The highest BCUT2D eigenvalue weighted by Crippen LogP contribution is 2.31. The lowest BCUT2D eigenvalue weighted by Crippen LogP contribution is -2.16. The van der Waals surface area contributed by atoms with E-state index in [2.05, 4.69) is 0 Å². The number of alkyl halides is 2. The largest absolute Gasteiger partial charge is 0.490 e. The van der Waals surface area contributed by atoms with Crippen molar-refractivity contribution in [2.45, 2.75) is 11.8 Å². The van der Waals surface area contributed by atoms with Crippen molar-refractivity contribution < 1.29 is 14.3 Å². The van der Waals surface area contributed by atoms with Gasteiger partial charge in [-0.05, 0) is 18.2 Å². The summed E-state index contributed by atoms with van der Waals surface area (Å²) in [6, 6.07) is 5.06. The minimum absolute atomic E-state index is 0.0921. The van der Waals surface area contributed by atoms with Gasteiger partial charge in [0.05, 0.1) is 13.2 Å². The molecule has 1 aliphatic heterocycles. The molecule has 1 aromatic rings. The summed E-state index contributed by atoms with van der Waals surface area (Å²) in [5.74, 6) is 1.15. The van der Waals surface area contributed by atoms with Gasteiger partial charge >= 0.3 is 0 Å². The van der Waals surface area contributed by atoms with E-state index in [1.165, 1.54) is 0 Å². The van der Waals surface area contributed by atoms with E-state index in [0.717, 1.165) is 6.42 Å². The Morgan fingerprint density at radius 2 is 2.00 bits per heavy atom. The third kappa shape index (κ3) is 2.85. The Balaban J connectivity index is 2.26. The van der Waals surface area contributed by atoms with Crippen LogP contribution < -0.4 is 9.47 Å². The van der Waals surface area contributed by atoms with Crippen LogP contribution in [0.2, 0.25) is 0 Å². The fourth-order valence-corrected chi connectivity index (χ4v) is 1.83. The van der Waals surface area contributed by atoms with Crippen LogP contribution >= 0.6 is 23.2 Å². The number of Topliss-reactive ketones (excluding diaryl/α,β-unsaturated/α-hetero) is 1. The molecule has 3 nitrogen and oxygen atoms in total. The van der Waals surface area contributed by atoms with Gasteiger partial charge in [0.1, 0.15) is 5.38 Å². The molecule has 2 rings (SSSR count). The number of hydrogen-bond acceptors (Lipinski definition) is 3. The van der Waals surface area contributed by atoms with Crippen molar-refractivity contribution in [3.8, 4) is 11.5 Å². The Morgan fingerprint density at radius 3 is 2.71 bits per heavy atom. The van der Waals surface area contributed by atoms with Gasteiger partial charge in [-0.25, -0.2) is 0 Å². The van der Waals surface area contributed by atoms with E-state index < -0.39 is 5.38 Å². The van der Waals surface area contributed by atoms with E-state index in [1.807, 2.05) is 0 Å². The van der Waals surface area contributed by atoms with E-state index in [1.54, 1.807) is 18.2 Å². The summed E-state index contributed by atoms with van der Waals surface area (Å²) < 4.78 is 11.0. The third-order valence-electron chi connectivity index (χ3n) is 2.45. The summed E-state index contributed by atoms with van der Waals surface area (Å²) in [6.45, 7) is 1.21. The maximum atomic E-state index is 11.8. The fraction of sp³-hybridized carbons (Fsp3) is 0.417. The molecule has 0 aromatic heterocycles. The van der Waals surface area contributed by atoms with Gasteiger partial charge in [0, 0.05) is 17.9 Å². The molecule has 1 atom stereocenters. The van der Waals surface area contributed by atoms with E-state index in [9.17, 15) is 4.79 Å². The first-order valence-corrected chi connectivity index (χ1v) is 6.33. The van der Waals surface area contributed by atoms with Gasteiger partial charge in [-0.3, -0.25) is 4.79 Å². The lowest BCUT2D eigenvalue weighted by atomic mass is 10.1. The van der Waals surface area contributed by atoms with Crippen LogP contribution in [0.1, 0.15) is 16.8 Å². The molecular formula is C12H12Cl2O3. The van der Waals surface area contributed by atoms with Gasteiger partial charge in [0.15, 0.2) is 17.3 Å². The predicted molar refractivity (Wildman–Crippen MR) is 66.7 cm³/mol. The van der Waals surface area contributed by atoms with E-state index in [4.69, 9.17) is 32.7 Å². The van der Waals surface area contributed by atoms with Crippen LogP contribution in [-0.2, 0) is 0 Å². The first-order chi connectivity index (χ1) is 8.22. The number of hydrogen-bond donors (Lipinski definition) is 0. The predicted octanol–water partition coefficient (Wildman–Crippen LogP) is 2.88. The molecule has 0 saturated heterocycles. The number of halogens is 2. The number of carbonyl (C=O) groups is 1. The molecule has 1 aromatic carbocycles. The van der Waals surface area contributed by atoms with Crippen molar-refractivity contribution >= 4 is 29.0 Å². The van der Waals surface area contributed by atoms with Crippen molar-refractivity contribution in [2.24, 2.45) is 0 Å². The van der Waals surface area contributed by atoms with Crippen LogP contribution in [0.3, 0.4) is 0 Å². The lowest BCUT2D eigenvalue weighted by Gasteiger charge is -2.10. The topological polar surface area (TPSA) is 35.5 Å². The average molecular weight is 275 g/mol. The van der Waals surface area contributed by atoms with Crippen molar-refractivity contribution in [2.75, 3.05) is 19.1 Å². The molecule has 1 unspecified atom stereocenters. The number of benzene rings is 1. The molecule has 0 bridgehead atoms. The molecule has 0 fully saturated rings. The monoisotopic (exact) mass is 274 g/mol. The van der Waals surface area contributed by atoms with Crippen LogP contribution in [0.4, 0.5) is 0 Å². The summed E-state index contributed by atoms with van der Waals surface area (Å²) in [5, 5.41) is -0.707. The minimum atomic E-state index is -0.707. The summed E-state index contributed by atoms with van der Waals surface area (Å²) in [7, 11) is 0. The normalized spacial score (nSPS) is 16.1. The summed E-state index contributed by atoms with van der Waals surface area (Å²) >= 11 is 11.4. The molecule has 0 N–H and O–H groups in total. The summed E-state index contributed by atoms with van der Waals surface area (Å²) in [4.78, 5) is 11.8. The molecule has 1 heterocycles. The minimum Gasteiger partial charge on any atom is -0.490 e. The summed E-state index contributed by atoms with van der Waals surface area (Å²) in [5.41, 5.74) is 0.495. The van der Waals surface area contributed by atoms with E-state index in [-0.39, 0.29) is 11.7 Å². The Hall–Kier alpha value is -0.930. The zero-order valence-electron chi connectivity index (χ0n) is 9.12. The Kier molecular flexibility index (Phi) is 4.13. The van der Waals surface area contributed by atoms with E-state index >= 15 is 0 Å². The SMILES string of the molecule is O=C(c1ccc2c(c1)OCCCO2)C(Cl)CCl. The number of ketones is 1. The van der Waals surface area contributed by atoms with Gasteiger partial charge < -0.3 is 9.47 Å². The van der Waals surface area contributed by atoms with Gasteiger partial charge in [0.2, 0.25) is 0 Å². The zero-order chi connectivity index (χ0) is 12.3. The highest BCUT2D eigenvalue weighted by molar-refractivity contribution is 6.38. The Morgan fingerprint density at radius 1 is 1.29 bits per heavy atom. The Bertz CT molecular complexity index is 420. The fourth-order valence-electron chi connectivity index (χ4n) is 1.57. The van der Waals surface area contributed by atoms with Crippen molar-refractivity contribution in [3.63, 3.8) is 0 Å². The summed E-state index contributed by atoms with van der Waals surface area (Å²) in [6.07, 6.45) is 0.831. The number of carbonyl (C=O) groups excluding carboxylic acids is 1. The van der Waals surface area contributed by atoms with Gasteiger partial charge in [-0.1, -0.05) is 0 Å². The van der Waals surface area contributed by atoms with Crippen LogP contribution in [-0.4, -0.2) is 30.3 Å². The average Bonchev–Trinajstić information content (AvgIpc) is 2.61. The molecule has 0 aliphatic carbocycles. The highest BCUT2D eigenvalue weighted by Gasteiger charge is 2.19. The molecule has 0 amide bonds. The quantitative estimate of drug-likeness (QED) is 0.628. The molecule has 1 aliphatic rings. The van der Waals surface area contributed by atoms with E-state index in [0.29, 0.717) is 30.3 Å². The maximum Gasteiger partial charge on any atom is 0.182 e. The number of rotatable bonds is 3. The van der Waals surface area contributed by atoms with Crippen molar-refractivity contribution in [3.05, 3.63) is 23.8 Å². The van der Waals surface area contributed by atoms with Gasteiger partial charge in [0.25, 0.3) is 0 Å². The number of fused-ring (bicyclic) bond motifs is 1. The molecule has 0 spiro atoms. The second kappa shape index (κ2) is 5.61. The molecule has 0 radical (unpaired) electrons. The van der Waals surface area contributed by atoms with Crippen LogP contribution in [0.5, 0.6) is 11.5 Å². The van der Waals surface area contributed by atoms with Gasteiger partial charge in [-0.2, -0.15) is 0 Å². The molecule has 5 heteroatoms. The first kappa shape index (κ1) is 12.5. The zero-order valence-corrected chi connectivity index (χ0v) is 10.6. The maximum absolute atomic E-state index is 11.8. The molecular weight excluding hydrogens is 263 g/mol. The molecule has 0 saturated carbocycles. The second-order valence-corrected chi connectivity index (χ2v) is 4.53. The second-order valence-electron chi connectivity index (χ2n) is 3.70. The Labute approximate surface area is 110 Å². The first-order valence-electron chi connectivity index (χ1n) is 5.36. The standard InChI is InChI=1S/C12H12Cl2O3/c13-7-9(14)12(15)8-2-3-10-11(6-8)17-5-1-4-16-10/h2-3,6,9H,1,4-5,7H2. The molecule has 92 valence electrons. The van der Waals surface area contributed by atoms with Crippen LogP contribution in [0.25, 0.3) is 0 Å². The van der Waals surface area contributed by atoms with Crippen molar-refractivity contribution in [1.29, 1.82) is 0 Å². The van der Waals surface area contributed by atoms with Crippen molar-refractivity contribution in [1.82, 2.24) is 0 Å². The molecule has 17 heavy (non-hydrogen) atoms. The van der Waals surface area contributed by atoms with Gasteiger partial charge in [-0.15, -0.1) is 23.2 Å². The lowest BCUT2D eigenvalue weighted by molar-refractivity contribution is 0.0992.